The predicted molar refractivity (Wildman–Crippen MR) is 109 cm³/mol. The van der Waals surface area contributed by atoms with Gasteiger partial charge in [-0.2, -0.15) is 5.10 Å². The van der Waals surface area contributed by atoms with Crippen LogP contribution in [-0.2, 0) is 0 Å². The Labute approximate surface area is 162 Å². The SMILES string of the molecule is COc1cc(NC(=O)c2cc(-c3cccc4ccccc34)n[nH]2)cc(OC)c1. The summed E-state index contributed by atoms with van der Waals surface area (Å²) in [5.74, 6) is 0.890. The molecule has 4 aromatic rings. The van der Waals surface area contributed by atoms with Crippen molar-refractivity contribution in [3.05, 3.63) is 72.4 Å². The van der Waals surface area contributed by atoms with Gasteiger partial charge in [0.25, 0.3) is 5.91 Å². The fourth-order valence-corrected chi connectivity index (χ4v) is 3.10. The number of benzene rings is 3. The van der Waals surface area contributed by atoms with E-state index in [-0.39, 0.29) is 5.91 Å². The average Bonchev–Trinajstić information content (AvgIpc) is 3.23. The second kappa shape index (κ2) is 7.44. The number of rotatable bonds is 5. The number of anilines is 1. The van der Waals surface area contributed by atoms with Crippen molar-refractivity contribution in [2.75, 3.05) is 19.5 Å². The number of amides is 1. The molecule has 6 nitrogen and oxygen atoms in total. The number of ether oxygens (including phenoxy) is 2. The van der Waals surface area contributed by atoms with Crippen LogP contribution in [0.15, 0.2) is 66.7 Å². The van der Waals surface area contributed by atoms with Gasteiger partial charge in [-0.25, -0.2) is 0 Å². The number of nitrogens with zero attached hydrogens (tertiary/aromatic N) is 1. The van der Waals surface area contributed by atoms with E-state index in [0.29, 0.717) is 28.6 Å². The maximum atomic E-state index is 12.7. The minimum absolute atomic E-state index is 0.297. The van der Waals surface area contributed by atoms with E-state index in [1.54, 1.807) is 38.5 Å². The molecule has 6 heteroatoms. The van der Waals surface area contributed by atoms with Crippen molar-refractivity contribution in [1.82, 2.24) is 10.2 Å². The highest BCUT2D eigenvalue weighted by Gasteiger charge is 2.14. The lowest BCUT2D eigenvalue weighted by Crippen LogP contribution is -2.12. The standard InChI is InChI=1S/C22H19N3O3/c1-27-16-10-15(11-17(12-16)28-2)23-22(26)21-13-20(24-25-21)19-9-5-7-14-6-3-4-8-18(14)19/h3-13H,1-2H3,(H,23,26)(H,24,25). The Morgan fingerprint density at radius 3 is 2.39 bits per heavy atom. The van der Waals surface area contributed by atoms with Crippen LogP contribution in [0.2, 0.25) is 0 Å². The number of carbonyl (C=O) groups excluding carboxylic acids is 1. The van der Waals surface area contributed by atoms with E-state index >= 15 is 0 Å². The van der Waals surface area contributed by atoms with Crippen molar-refractivity contribution >= 4 is 22.4 Å². The molecule has 0 unspecified atom stereocenters. The number of hydrogen-bond donors (Lipinski definition) is 2. The van der Waals surface area contributed by atoms with Crippen LogP contribution in [0.5, 0.6) is 11.5 Å². The van der Waals surface area contributed by atoms with Crippen molar-refractivity contribution in [2.24, 2.45) is 0 Å². The minimum Gasteiger partial charge on any atom is -0.497 e. The van der Waals surface area contributed by atoms with Gasteiger partial charge >= 0.3 is 0 Å². The molecule has 0 atom stereocenters. The van der Waals surface area contributed by atoms with E-state index in [2.05, 4.69) is 27.6 Å². The van der Waals surface area contributed by atoms with Crippen LogP contribution in [0.4, 0.5) is 5.69 Å². The molecule has 28 heavy (non-hydrogen) atoms. The maximum Gasteiger partial charge on any atom is 0.273 e. The highest BCUT2D eigenvalue weighted by Crippen LogP contribution is 2.28. The molecule has 0 radical (unpaired) electrons. The summed E-state index contributed by atoms with van der Waals surface area (Å²) in [6.45, 7) is 0. The highest BCUT2D eigenvalue weighted by atomic mass is 16.5. The van der Waals surface area contributed by atoms with Gasteiger partial charge in [0, 0.05) is 29.4 Å². The molecule has 0 aliphatic carbocycles. The third kappa shape index (κ3) is 3.40. The first-order valence-electron chi connectivity index (χ1n) is 8.76. The Bertz CT molecular complexity index is 1120. The average molecular weight is 373 g/mol. The van der Waals surface area contributed by atoms with E-state index in [4.69, 9.17) is 9.47 Å². The summed E-state index contributed by atoms with van der Waals surface area (Å²) >= 11 is 0. The van der Waals surface area contributed by atoms with Crippen molar-refractivity contribution < 1.29 is 14.3 Å². The van der Waals surface area contributed by atoms with Crippen LogP contribution in [0.3, 0.4) is 0 Å². The van der Waals surface area contributed by atoms with Gasteiger partial charge in [-0.05, 0) is 16.8 Å². The van der Waals surface area contributed by atoms with Crippen LogP contribution >= 0.6 is 0 Å². The largest absolute Gasteiger partial charge is 0.497 e. The molecule has 0 spiro atoms. The zero-order valence-electron chi connectivity index (χ0n) is 15.5. The number of fused-ring (bicyclic) bond motifs is 1. The first kappa shape index (κ1) is 17.6. The smallest absolute Gasteiger partial charge is 0.273 e. The van der Waals surface area contributed by atoms with Crippen LogP contribution < -0.4 is 14.8 Å². The van der Waals surface area contributed by atoms with Gasteiger partial charge in [-0.3, -0.25) is 9.89 Å². The van der Waals surface area contributed by atoms with Gasteiger partial charge in [0.2, 0.25) is 0 Å². The molecule has 0 fully saturated rings. The Kier molecular flexibility index (Phi) is 4.68. The molecule has 4 rings (SSSR count). The Balaban J connectivity index is 1.62. The zero-order valence-corrected chi connectivity index (χ0v) is 15.5. The molecule has 140 valence electrons. The van der Waals surface area contributed by atoms with E-state index in [1.807, 2.05) is 30.3 Å². The summed E-state index contributed by atoms with van der Waals surface area (Å²) in [6.07, 6.45) is 0. The molecule has 2 N–H and O–H groups in total. The fraction of sp³-hybridized carbons (Fsp3) is 0.0909. The molecular weight excluding hydrogens is 354 g/mol. The quantitative estimate of drug-likeness (QED) is 0.540. The number of methoxy groups -OCH3 is 2. The first-order valence-corrected chi connectivity index (χ1v) is 8.76. The summed E-state index contributed by atoms with van der Waals surface area (Å²) in [6, 6.07) is 21.0. The predicted octanol–water partition coefficient (Wildman–Crippen LogP) is 4.50. The Morgan fingerprint density at radius 2 is 1.64 bits per heavy atom. The molecule has 0 saturated carbocycles. The maximum absolute atomic E-state index is 12.7. The van der Waals surface area contributed by atoms with E-state index in [0.717, 1.165) is 16.3 Å². The molecule has 3 aromatic carbocycles. The second-order valence-electron chi connectivity index (χ2n) is 6.25. The van der Waals surface area contributed by atoms with Gasteiger partial charge in [-0.1, -0.05) is 42.5 Å². The number of aromatic nitrogens is 2. The summed E-state index contributed by atoms with van der Waals surface area (Å²) < 4.78 is 10.5. The molecule has 0 aliphatic heterocycles. The lowest BCUT2D eigenvalue weighted by Gasteiger charge is -2.09. The number of H-pyrrole nitrogens is 1. The van der Waals surface area contributed by atoms with Gasteiger partial charge < -0.3 is 14.8 Å². The number of carbonyl (C=O) groups is 1. The van der Waals surface area contributed by atoms with E-state index in [1.165, 1.54) is 0 Å². The molecular formula is C22H19N3O3. The van der Waals surface area contributed by atoms with Crippen molar-refractivity contribution in [3.63, 3.8) is 0 Å². The molecule has 1 amide bonds. The van der Waals surface area contributed by atoms with Gasteiger partial charge in [0.1, 0.15) is 17.2 Å². The van der Waals surface area contributed by atoms with Crippen LogP contribution in [0.25, 0.3) is 22.0 Å². The van der Waals surface area contributed by atoms with Crippen molar-refractivity contribution in [2.45, 2.75) is 0 Å². The van der Waals surface area contributed by atoms with E-state index < -0.39 is 0 Å². The van der Waals surface area contributed by atoms with Crippen LogP contribution in [0.1, 0.15) is 10.5 Å². The Morgan fingerprint density at radius 1 is 0.929 bits per heavy atom. The fourth-order valence-electron chi connectivity index (χ4n) is 3.10. The molecule has 0 aliphatic rings. The lowest BCUT2D eigenvalue weighted by molar-refractivity contribution is 0.102. The normalized spacial score (nSPS) is 10.6. The van der Waals surface area contributed by atoms with Gasteiger partial charge in [0.05, 0.1) is 19.9 Å². The summed E-state index contributed by atoms with van der Waals surface area (Å²) in [7, 11) is 3.12. The summed E-state index contributed by atoms with van der Waals surface area (Å²) in [4.78, 5) is 12.7. The van der Waals surface area contributed by atoms with Crippen molar-refractivity contribution in [1.29, 1.82) is 0 Å². The zero-order chi connectivity index (χ0) is 19.5. The molecule has 1 aromatic heterocycles. The molecule has 0 bridgehead atoms. The highest BCUT2D eigenvalue weighted by molar-refractivity contribution is 6.04. The van der Waals surface area contributed by atoms with Crippen LogP contribution in [-0.4, -0.2) is 30.3 Å². The van der Waals surface area contributed by atoms with Gasteiger partial charge in [0.15, 0.2) is 0 Å². The number of nitrogens with one attached hydrogen (secondary N) is 2. The number of hydrogen-bond acceptors (Lipinski definition) is 4. The van der Waals surface area contributed by atoms with Crippen molar-refractivity contribution in [3.8, 4) is 22.8 Å². The van der Waals surface area contributed by atoms with Gasteiger partial charge in [-0.15, -0.1) is 0 Å². The minimum atomic E-state index is -0.297. The third-order valence-corrected chi connectivity index (χ3v) is 4.50. The topological polar surface area (TPSA) is 76.2 Å². The number of aromatic amines is 1. The lowest BCUT2D eigenvalue weighted by atomic mass is 10.0. The van der Waals surface area contributed by atoms with Crippen LogP contribution in [0, 0.1) is 0 Å². The summed E-state index contributed by atoms with van der Waals surface area (Å²) in [5.41, 5.74) is 2.62. The Hall–Kier alpha value is -3.80. The second-order valence-corrected chi connectivity index (χ2v) is 6.25. The first-order chi connectivity index (χ1) is 13.7. The monoisotopic (exact) mass is 373 g/mol. The molecule has 0 saturated heterocycles. The third-order valence-electron chi connectivity index (χ3n) is 4.50. The molecule has 1 heterocycles. The summed E-state index contributed by atoms with van der Waals surface area (Å²) in [5, 5.41) is 12.2. The van der Waals surface area contributed by atoms with E-state index in [9.17, 15) is 4.79 Å².